The maximum atomic E-state index is 12.5. The van der Waals surface area contributed by atoms with Crippen LogP contribution in [0.1, 0.15) is 12.8 Å². The minimum Gasteiger partial charge on any atom is -0.315 e. The molecular weight excluding hydrogens is 316 g/mol. The van der Waals surface area contributed by atoms with Gasteiger partial charge < -0.3 is 5.32 Å². The molecule has 0 amide bonds. The van der Waals surface area contributed by atoms with E-state index < -0.39 is 10.0 Å². The molecule has 1 aliphatic heterocycles. The Morgan fingerprint density at radius 2 is 2.11 bits per heavy atom. The fourth-order valence-corrected chi connectivity index (χ4v) is 4.50. The first-order valence-electron chi connectivity index (χ1n) is 5.97. The molecule has 1 aliphatic rings. The van der Waals surface area contributed by atoms with E-state index >= 15 is 0 Å². The van der Waals surface area contributed by atoms with Crippen LogP contribution in [0.5, 0.6) is 0 Å². The van der Waals surface area contributed by atoms with Gasteiger partial charge in [0.15, 0.2) is 0 Å². The number of hydrogen-bond donors (Lipinski definition) is 1. The third kappa shape index (κ3) is 2.77. The summed E-state index contributed by atoms with van der Waals surface area (Å²) in [6, 6.07) is 6.97. The molecular formula is C12H17BrN2O2S. The molecule has 0 aromatic heterocycles. The summed E-state index contributed by atoms with van der Waals surface area (Å²) in [5, 5.41) is 3.24. The van der Waals surface area contributed by atoms with E-state index in [0.717, 1.165) is 25.9 Å². The van der Waals surface area contributed by atoms with Gasteiger partial charge in [-0.05, 0) is 47.4 Å². The van der Waals surface area contributed by atoms with E-state index in [1.54, 1.807) is 25.2 Å². The molecule has 1 aromatic rings. The van der Waals surface area contributed by atoms with E-state index in [9.17, 15) is 8.42 Å². The summed E-state index contributed by atoms with van der Waals surface area (Å²) in [6.45, 7) is 1.69. The number of sulfonamides is 1. The summed E-state index contributed by atoms with van der Waals surface area (Å²) in [7, 11) is -1.76. The van der Waals surface area contributed by atoms with E-state index in [1.165, 1.54) is 4.31 Å². The number of hydrogen-bond acceptors (Lipinski definition) is 3. The molecule has 1 unspecified atom stereocenters. The van der Waals surface area contributed by atoms with Crippen molar-refractivity contribution in [1.82, 2.24) is 9.62 Å². The molecule has 1 N–H and O–H groups in total. The predicted octanol–water partition coefficient (Wildman–Crippen LogP) is 1.82. The lowest BCUT2D eigenvalue weighted by Gasteiger charge is -2.31. The van der Waals surface area contributed by atoms with E-state index in [2.05, 4.69) is 21.2 Å². The van der Waals surface area contributed by atoms with Crippen LogP contribution >= 0.6 is 15.9 Å². The highest BCUT2D eigenvalue weighted by molar-refractivity contribution is 9.10. The average Bonchev–Trinajstić information content (AvgIpc) is 2.39. The van der Waals surface area contributed by atoms with E-state index in [-0.39, 0.29) is 6.04 Å². The molecule has 0 bridgehead atoms. The highest BCUT2D eigenvalue weighted by atomic mass is 79.9. The topological polar surface area (TPSA) is 49.4 Å². The normalized spacial score (nSPS) is 21.2. The van der Waals surface area contributed by atoms with Gasteiger partial charge in [-0.1, -0.05) is 12.1 Å². The molecule has 1 heterocycles. The van der Waals surface area contributed by atoms with Gasteiger partial charge in [-0.3, -0.25) is 0 Å². The van der Waals surface area contributed by atoms with Crippen molar-refractivity contribution in [2.24, 2.45) is 0 Å². The maximum absolute atomic E-state index is 12.5. The monoisotopic (exact) mass is 332 g/mol. The summed E-state index contributed by atoms with van der Waals surface area (Å²) >= 11 is 3.30. The predicted molar refractivity (Wildman–Crippen MR) is 75.0 cm³/mol. The SMILES string of the molecule is CN(C1CCCNC1)S(=O)(=O)c1ccccc1Br. The standard InChI is InChI=1S/C12H17BrN2O2S/c1-15(10-5-4-8-14-9-10)18(16,17)12-7-3-2-6-11(12)13/h2-3,6-7,10,14H,4-5,8-9H2,1H3. The van der Waals surface area contributed by atoms with Gasteiger partial charge in [-0.2, -0.15) is 4.31 Å². The van der Waals surface area contributed by atoms with Crippen LogP contribution in [0, 0.1) is 0 Å². The van der Waals surface area contributed by atoms with Crippen molar-refractivity contribution in [3.8, 4) is 0 Å². The minimum absolute atomic E-state index is 0.0378. The Hall–Kier alpha value is -0.430. The molecule has 18 heavy (non-hydrogen) atoms. The van der Waals surface area contributed by atoms with Crippen molar-refractivity contribution in [2.75, 3.05) is 20.1 Å². The third-order valence-corrected chi connectivity index (χ3v) is 6.20. The zero-order valence-electron chi connectivity index (χ0n) is 10.3. The molecule has 1 aromatic carbocycles. The van der Waals surface area contributed by atoms with Crippen molar-refractivity contribution in [1.29, 1.82) is 0 Å². The number of benzene rings is 1. The molecule has 2 rings (SSSR count). The van der Waals surface area contributed by atoms with Gasteiger partial charge in [0.25, 0.3) is 0 Å². The Bertz CT molecular complexity index is 513. The Kier molecular flexibility index (Phi) is 4.42. The Balaban J connectivity index is 2.28. The maximum Gasteiger partial charge on any atom is 0.244 e. The molecule has 0 spiro atoms. The zero-order chi connectivity index (χ0) is 13.2. The van der Waals surface area contributed by atoms with Gasteiger partial charge in [-0.25, -0.2) is 8.42 Å². The lowest BCUT2D eigenvalue weighted by atomic mass is 10.1. The fraction of sp³-hybridized carbons (Fsp3) is 0.500. The van der Waals surface area contributed by atoms with Crippen molar-refractivity contribution in [3.63, 3.8) is 0 Å². The highest BCUT2D eigenvalue weighted by Gasteiger charge is 2.30. The van der Waals surface area contributed by atoms with E-state index in [4.69, 9.17) is 0 Å². The molecule has 4 nitrogen and oxygen atoms in total. The van der Waals surface area contributed by atoms with Gasteiger partial charge in [-0.15, -0.1) is 0 Å². The number of piperidine rings is 1. The first-order chi connectivity index (χ1) is 8.53. The summed E-state index contributed by atoms with van der Waals surface area (Å²) in [5.74, 6) is 0. The summed E-state index contributed by atoms with van der Waals surface area (Å²) in [4.78, 5) is 0.332. The van der Waals surface area contributed by atoms with Crippen LogP contribution in [0.3, 0.4) is 0 Å². The highest BCUT2D eigenvalue weighted by Crippen LogP contribution is 2.26. The first kappa shape index (κ1) is 14.0. The van der Waals surface area contributed by atoms with Crippen molar-refractivity contribution < 1.29 is 8.42 Å². The molecule has 1 atom stereocenters. The lowest BCUT2D eigenvalue weighted by Crippen LogP contribution is -2.46. The van der Waals surface area contributed by atoms with Gasteiger partial charge in [0.05, 0.1) is 4.90 Å². The van der Waals surface area contributed by atoms with Crippen molar-refractivity contribution >= 4 is 26.0 Å². The second-order valence-electron chi connectivity index (χ2n) is 4.45. The third-order valence-electron chi connectivity index (χ3n) is 3.28. The smallest absolute Gasteiger partial charge is 0.244 e. The molecule has 1 saturated heterocycles. The van der Waals surface area contributed by atoms with Gasteiger partial charge in [0, 0.05) is 24.1 Å². The molecule has 6 heteroatoms. The summed E-state index contributed by atoms with van der Waals surface area (Å²) in [5.41, 5.74) is 0. The second-order valence-corrected chi connectivity index (χ2v) is 7.27. The molecule has 0 radical (unpaired) electrons. The largest absolute Gasteiger partial charge is 0.315 e. The van der Waals surface area contributed by atoms with Crippen molar-refractivity contribution in [2.45, 2.75) is 23.8 Å². The second kappa shape index (κ2) is 5.69. The molecule has 100 valence electrons. The molecule has 0 aliphatic carbocycles. The number of nitrogens with one attached hydrogen (secondary N) is 1. The van der Waals surface area contributed by atoms with Crippen LogP contribution < -0.4 is 5.32 Å². The van der Waals surface area contributed by atoms with Crippen LogP contribution in [0.2, 0.25) is 0 Å². The van der Waals surface area contributed by atoms with Crippen LogP contribution in [-0.2, 0) is 10.0 Å². The number of nitrogens with zero attached hydrogens (tertiary/aromatic N) is 1. The lowest BCUT2D eigenvalue weighted by molar-refractivity contribution is 0.300. The Morgan fingerprint density at radius 3 is 2.72 bits per heavy atom. The van der Waals surface area contributed by atoms with E-state index in [0.29, 0.717) is 9.37 Å². The summed E-state index contributed by atoms with van der Waals surface area (Å²) < 4.78 is 27.1. The van der Waals surface area contributed by atoms with Crippen molar-refractivity contribution in [3.05, 3.63) is 28.7 Å². The first-order valence-corrected chi connectivity index (χ1v) is 8.20. The van der Waals surface area contributed by atoms with E-state index in [1.807, 2.05) is 6.07 Å². The number of likely N-dealkylation sites (N-methyl/N-ethyl adjacent to an activating group) is 1. The minimum atomic E-state index is -3.42. The van der Waals surface area contributed by atoms with Crippen LogP contribution in [0.15, 0.2) is 33.6 Å². The van der Waals surface area contributed by atoms with Gasteiger partial charge in [0.2, 0.25) is 10.0 Å². The molecule has 1 fully saturated rings. The fourth-order valence-electron chi connectivity index (χ4n) is 2.15. The zero-order valence-corrected chi connectivity index (χ0v) is 12.7. The average molecular weight is 333 g/mol. The Morgan fingerprint density at radius 1 is 1.39 bits per heavy atom. The molecule has 0 saturated carbocycles. The van der Waals surface area contributed by atoms with Gasteiger partial charge in [0.1, 0.15) is 0 Å². The van der Waals surface area contributed by atoms with Gasteiger partial charge >= 0.3 is 0 Å². The van der Waals surface area contributed by atoms with Crippen LogP contribution in [0.25, 0.3) is 0 Å². The van der Waals surface area contributed by atoms with Crippen LogP contribution in [0.4, 0.5) is 0 Å². The van der Waals surface area contributed by atoms with Crippen LogP contribution in [-0.4, -0.2) is 38.9 Å². The summed E-state index contributed by atoms with van der Waals surface area (Å²) in [6.07, 6.45) is 1.92. The quantitative estimate of drug-likeness (QED) is 0.918. The number of rotatable bonds is 3. The Labute approximate surface area is 117 Å². The number of halogens is 1.